The van der Waals surface area contributed by atoms with Crippen LogP contribution in [0.3, 0.4) is 0 Å². The first kappa shape index (κ1) is 20.2. The number of hydrogen-bond donors (Lipinski definition) is 0. The summed E-state index contributed by atoms with van der Waals surface area (Å²) in [6.45, 7) is 6.44. The van der Waals surface area contributed by atoms with E-state index < -0.39 is 11.9 Å². The molecule has 0 heterocycles. The van der Waals surface area contributed by atoms with Crippen LogP contribution < -0.4 is 0 Å². The molecule has 0 aliphatic heterocycles. The standard InChI is InChI=1S/C20H28O6/c1-4-7-10-26-16(21)9-8-13-11-14-12-15(13)18(20(23)25-6-3)17(14)19(22)24-5-2/h8-9,13-15H,4-7,10-12H2,1-3H3/b9-8+/t13-,14-,15-/m0/s1. The summed E-state index contributed by atoms with van der Waals surface area (Å²) in [4.78, 5) is 36.5. The minimum atomic E-state index is -0.452. The molecule has 0 spiro atoms. The van der Waals surface area contributed by atoms with Crippen LogP contribution in [0.4, 0.5) is 0 Å². The van der Waals surface area contributed by atoms with Gasteiger partial charge in [0.1, 0.15) is 0 Å². The van der Waals surface area contributed by atoms with Gasteiger partial charge in [-0.1, -0.05) is 19.4 Å². The lowest BCUT2D eigenvalue weighted by molar-refractivity contribution is -0.142. The molecule has 0 amide bonds. The predicted molar refractivity (Wildman–Crippen MR) is 95.0 cm³/mol. The maximum Gasteiger partial charge on any atom is 0.334 e. The van der Waals surface area contributed by atoms with Gasteiger partial charge in [0.2, 0.25) is 0 Å². The van der Waals surface area contributed by atoms with Crippen LogP contribution in [0.2, 0.25) is 0 Å². The Labute approximate surface area is 154 Å². The number of allylic oxidation sites excluding steroid dienone is 1. The SMILES string of the molecule is CCCCOC(=O)/C=C/[C@H]1C[C@H]2C[C@@H]1C(C(=O)OCC)=C2C(=O)OCC. The summed E-state index contributed by atoms with van der Waals surface area (Å²) in [6, 6.07) is 0. The van der Waals surface area contributed by atoms with E-state index in [1.54, 1.807) is 19.9 Å². The fourth-order valence-electron chi connectivity index (χ4n) is 3.79. The molecule has 6 nitrogen and oxygen atoms in total. The summed E-state index contributed by atoms with van der Waals surface area (Å²) in [5.74, 6) is -1.36. The Morgan fingerprint density at radius 1 is 0.962 bits per heavy atom. The molecule has 144 valence electrons. The Balaban J connectivity index is 2.13. The molecule has 3 atom stereocenters. The van der Waals surface area contributed by atoms with Gasteiger partial charge in [0.25, 0.3) is 0 Å². The van der Waals surface area contributed by atoms with E-state index in [-0.39, 0.29) is 36.9 Å². The van der Waals surface area contributed by atoms with E-state index >= 15 is 0 Å². The number of rotatable bonds is 9. The zero-order valence-corrected chi connectivity index (χ0v) is 15.8. The molecule has 2 aliphatic carbocycles. The van der Waals surface area contributed by atoms with Gasteiger partial charge in [0.15, 0.2) is 0 Å². The quantitative estimate of drug-likeness (QED) is 0.271. The first-order chi connectivity index (χ1) is 12.5. The van der Waals surface area contributed by atoms with Gasteiger partial charge < -0.3 is 14.2 Å². The summed E-state index contributed by atoms with van der Waals surface area (Å²) >= 11 is 0. The minimum absolute atomic E-state index is 0.0239. The van der Waals surface area contributed by atoms with Crippen molar-refractivity contribution in [2.45, 2.75) is 46.5 Å². The highest BCUT2D eigenvalue weighted by atomic mass is 16.5. The number of carbonyl (C=O) groups is 3. The molecule has 2 bridgehead atoms. The third-order valence-electron chi connectivity index (χ3n) is 4.89. The summed E-state index contributed by atoms with van der Waals surface area (Å²) in [6.07, 6.45) is 6.48. The van der Waals surface area contributed by atoms with Gasteiger partial charge in [0.05, 0.1) is 31.0 Å². The van der Waals surface area contributed by atoms with Crippen molar-refractivity contribution < 1.29 is 28.6 Å². The Kier molecular flexibility index (Phi) is 7.42. The summed E-state index contributed by atoms with van der Waals surface area (Å²) in [5, 5.41) is 0. The van der Waals surface area contributed by atoms with Crippen molar-refractivity contribution in [3.63, 3.8) is 0 Å². The summed E-state index contributed by atoms with van der Waals surface area (Å²) < 4.78 is 15.4. The van der Waals surface area contributed by atoms with E-state index in [2.05, 4.69) is 0 Å². The molecule has 0 saturated heterocycles. The monoisotopic (exact) mass is 364 g/mol. The van der Waals surface area contributed by atoms with Gasteiger partial charge in [0, 0.05) is 6.08 Å². The Hall–Kier alpha value is -2.11. The molecule has 0 aromatic carbocycles. The third kappa shape index (κ3) is 4.54. The van der Waals surface area contributed by atoms with E-state index in [1.165, 1.54) is 6.08 Å². The van der Waals surface area contributed by atoms with Crippen molar-refractivity contribution >= 4 is 17.9 Å². The molecule has 2 aliphatic rings. The smallest absolute Gasteiger partial charge is 0.334 e. The lowest BCUT2D eigenvalue weighted by atomic mass is 9.83. The third-order valence-corrected chi connectivity index (χ3v) is 4.89. The van der Waals surface area contributed by atoms with Crippen molar-refractivity contribution in [1.82, 2.24) is 0 Å². The van der Waals surface area contributed by atoms with Crippen LogP contribution in [0.1, 0.15) is 46.5 Å². The van der Waals surface area contributed by atoms with E-state index in [0.29, 0.717) is 24.2 Å². The first-order valence-corrected chi connectivity index (χ1v) is 9.46. The molecule has 0 radical (unpaired) electrons. The second kappa shape index (κ2) is 9.55. The van der Waals surface area contributed by atoms with Crippen LogP contribution in [0.15, 0.2) is 23.3 Å². The Morgan fingerprint density at radius 3 is 2.23 bits per heavy atom. The highest BCUT2D eigenvalue weighted by molar-refractivity contribution is 6.02. The van der Waals surface area contributed by atoms with Crippen molar-refractivity contribution in [2.75, 3.05) is 19.8 Å². The van der Waals surface area contributed by atoms with E-state index in [0.717, 1.165) is 19.3 Å². The molecule has 1 saturated carbocycles. The summed E-state index contributed by atoms with van der Waals surface area (Å²) in [7, 11) is 0. The molecule has 0 unspecified atom stereocenters. The minimum Gasteiger partial charge on any atom is -0.463 e. The molecule has 1 fully saturated rings. The lowest BCUT2D eigenvalue weighted by Crippen LogP contribution is -2.25. The fourth-order valence-corrected chi connectivity index (χ4v) is 3.79. The number of unbranched alkanes of at least 4 members (excludes halogenated alkanes) is 1. The molecule has 0 N–H and O–H groups in total. The normalized spacial score (nSPS) is 24.2. The number of fused-ring (bicyclic) bond motifs is 2. The number of carbonyl (C=O) groups excluding carboxylic acids is 3. The van der Waals surface area contributed by atoms with Crippen LogP contribution in [-0.2, 0) is 28.6 Å². The summed E-state index contributed by atoms with van der Waals surface area (Å²) in [5.41, 5.74) is 0.890. The van der Waals surface area contributed by atoms with Crippen LogP contribution in [0.25, 0.3) is 0 Å². The first-order valence-electron chi connectivity index (χ1n) is 9.46. The molecule has 2 rings (SSSR count). The second-order valence-electron chi connectivity index (χ2n) is 6.59. The second-order valence-corrected chi connectivity index (χ2v) is 6.59. The molecule has 0 aromatic heterocycles. The van der Waals surface area contributed by atoms with Crippen LogP contribution in [0.5, 0.6) is 0 Å². The van der Waals surface area contributed by atoms with Gasteiger partial charge in [-0.15, -0.1) is 0 Å². The van der Waals surface area contributed by atoms with Gasteiger partial charge >= 0.3 is 17.9 Å². The van der Waals surface area contributed by atoms with Gasteiger partial charge in [-0.2, -0.15) is 0 Å². The van der Waals surface area contributed by atoms with Crippen molar-refractivity contribution in [2.24, 2.45) is 17.8 Å². The van der Waals surface area contributed by atoms with E-state index in [4.69, 9.17) is 14.2 Å². The number of esters is 3. The molecule has 26 heavy (non-hydrogen) atoms. The molecular formula is C20H28O6. The van der Waals surface area contributed by atoms with Crippen molar-refractivity contribution in [3.05, 3.63) is 23.3 Å². The van der Waals surface area contributed by atoms with Crippen LogP contribution in [0, 0.1) is 17.8 Å². The van der Waals surface area contributed by atoms with Gasteiger partial charge in [-0.25, -0.2) is 14.4 Å². The number of hydrogen-bond acceptors (Lipinski definition) is 6. The molecule has 0 aromatic rings. The zero-order valence-electron chi connectivity index (χ0n) is 15.8. The molecular weight excluding hydrogens is 336 g/mol. The van der Waals surface area contributed by atoms with E-state index in [1.807, 2.05) is 6.92 Å². The Bertz CT molecular complexity index is 603. The van der Waals surface area contributed by atoms with Crippen LogP contribution in [-0.4, -0.2) is 37.7 Å². The van der Waals surface area contributed by atoms with Crippen LogP contribution >= 0.6 is 0 Å². The van der Waals surface area contributed by atoms with E-state index in [9.17, 15) is 14.4 Å². The number of ether oxygens (including phenoxy) is 3. The zero-order chi connectivity index (χ0) is 19.1. The van der Waals surface area contributed by atoms with Gasteiger partial charge in [-0.05, 0) is 50.9 Å². The van der Waals surface area contributed by atoms with Crippen molar-refractivity contribution in [3.8, 4) is 0 Å². The highest BCUT2D eigenvalue weighted by Gasteiger charge is 2.50. The fraction of sp³-hybridized carbons (Fsp3) is 0.650. The van der Waals surface area contributed by atoms with Gasteiger partial charge in [-0.3, -0.25) is 0 Å². The maximum absolute atomic E-state index is 12.4. The lowest BCUT2D eigenvalue weighted by Gasteiger charge is -2.23. The van der Waals surface area contributed by atoms with Crippen molar-refractivity contribution in [1.29, 1.82) is 0 Å². The topological polar surface area (TPSA) is 78.9 Å². The predicted octanol–water partition coefficient (Wildman–Crippen LogP) is 2.96. The average Bonchev–Trinajstić information content (AvgIpc) is 3.18. The maximum atomic E-state index is 12.4. The molecule has 6 heteroatoms. The average molecular weight is 364 g/mol. The Morgan fingerprint density at radius 2 is 1.62 bits per heavy atom. The largest absolute Gasteiger partial charge is 0.463 e. The highest BCUT2D eigenvalue weighted by Crippen LogP contribution is 2.53.